The highest BCUT2D eigenvalue weighted by molar-refractivity contribution is 5.94. The molecule has 2 aromatic rings. The van der Waals surface area contributed by atoms with Crippen LogP contribution in [0.5, 0.6) is 0 Å². The largest absolute Gasteiger partial charge is 0.393 e. The van der Waals surface area contributed by atoms with Crippen molar-refractivity contribution in [2.45, 2.75) is 38.7 Å². The van der Waals surface area contributed by atoms with E-state index in [-0.39, 0.29) is 17.9 Å². The minimum absolute atomic E-state index is 0.0227. The van der Waals surface area contributed by atoms with Crippen LogP contribution in [0.1, 0.15) is 41.9 Å². The van der Waals surface area contributed by atoms with E-state index in [9.17, 15) is 9.90 Å². The molecule has 2 unspecified atom stereocenters. The topological polar surface area (TPSA) is 82.1 Å². The van der Waals surface area contributed by atoms with Gasteiger partial charge in [0.05, 0.1) is 6.10 Å². The van der Waals surface area contributed by atoms with Crippen LogP contribution >= 0.6 is 0 Å². The van der Waals surface area contributed by atoms with Crippen LogP contribution in [0, 0.1) is 12.8 Å². The molecule has 1 aromatic heterocycles. The number of carbonyl (C=O) groups excluding carboxylic acids is 1. The lowest BCUT2D eigenvalue weighted by molar-refractivity contribution is 0.0451. The molecule has 24 heavy (non-hydrogen) atoms. The summed E-state index contributed by atoms with van der Waals surface area (Å²) < 4.78 is 0. The Morgan fingerprint density at radius 1 is 1.29 bits per heavy atom. The van der Waals surface area contributed by atoms with Crippen molar-refractivity contribution >= 4 is 5.91 Å². The molecule has 2 N–H and O–H groups in total. The Balaban J connectivity index is 1.65. The van der Waals surface area contributed by atoms with Crippen molar-refractivity contribution in [2.24, 2.45) is 5.92 Å². The van der Waals surface area contributed by atoms with E-state index >= 15 is 0 Å². The highest BCUT2D eigenvalue weighted by Crippen LogP contribution is 2.25. The number of aromatic nitrogens is 3. The second-order valence-corrected chi connectivity index (χ2v) is 6.62. The fraction of sp³-hybridized carbons (Fsp3) is 0.500. The first-order valence-electron chi connectivity index (χ1n) is 8.47. The molecule has 1 saturated carbocycles. The van der Waals surface area contributed by atoms with Crippen LogP contribution < -0.4 is 0 Å². The summed E-state index contributed by atoms with van der Waals surface area (Å²) in [5.74, 6) is 1.55. The van der Waals surface area contributed by atoms with Gasteiger partial charge in [0.15, 0.2) is 5.82 Å². The molecule has 1 amide bonds. The van der Waals surface area contributed by atoms with Gasteiger partial charge in [-0.2, -0.15) is 5.10 Å². The zero-order chi connectivity index (χ0) is 17.1. The second-order valence-electron chi connectivity index (χ2n) is 6.62. The highest BCUT2D eigenvalue weighted by Gasteiger charge is 2.26. The minimum Gasteiger partial charge on any atom is -0.393 e. The summed E-state index contributed by atoms with van der Waals surface area (Å²) in [7, 11) is 1.80. The van der Waals surface area contributed by atoms with Crippen LogP contribution in [0.4, 0.5) is 0 Å². The number of carbonyl (C=O) groups is 1. The van der Waals surface area contributed by atoms with Crippen LogP contribution in [0.15, 0.2) is 24.3 Å². The number of aliphatic hydroxyl groups excluding tert-OH is 1. The summed E-state index contributed by atoms with van der Waals surface area (Å²) in [6, 6.07) is 7.33. The number of H-pyrrole nitrogens is 1. The van der Waals surface area contributed by atoms with Gasteiger partial charge in [-0.25, -0.2) is 4.98 Å². The molecule has 6 heteroatoms. The highest BCUT2D eigenvalue weighted by atomic mass is 16.3. The molecule has 0 radical (unpaired) electrons. The summed E-state index contributed by atoms with van der Waals surface area (Å²) in [6.45, 7) is 2.45. The van der Waals surface area contributed by atoms with Gasteiger partial charge in [0.1, 0.15) is 5.82 Å². The molecule has 0 aliphatic heterocycles. The van der Waals surface area contributed by atoms with E-state index in [4.69, 9.17) is 0 Å². The number of aryl methyl sites for hydroxylation is 1. The maximum absolute atomic E-state index is 12.6. The van der Waals surface area contributed by atoms with Crippen molar-refractivity contribution in [3.05, 3.63) is 35.7 Å². The molecule has 3 rings (SSSR count). The Kier molecular flexibility index (Phi) is 4.94. The van der Waals surface area contributed by atoms with E-state index in [0.29, 0.717) is 17.9 Å². The lowest BCUT2D eigenvalue weighted by atomic mass is 9.86. The zero-order valence-corrected chi connectivity index (χ0v) is 14.2. The lowest BCUT2D eigenvalue weighted by Gasteiger charge is -2.31. The molecule has 128 valence electrons. The quantitative estimate of drug-likeness (QED) is 0.903. The van der Waals surface area contributed by atoms with Crippen LogP contribution in [-0.4, -0.2) is 50.8 Å². The standard InChI is InChI=1S/C18H24N4O2/c1-12-19-17(21-20-12)13-7-9-14(10-8-13)18(24)22(2)11-15-5-3-4-6-16(15)23/h7-10,15-16,23H,3-6,11H2,1-2H3,(H,19,20,21). The van der Waals surface area contributed by atoms with E-state index in [2.05, 4.69) is 15.2 Å². The molecule has 1 heterocycles. The Morgan fingerprint density at radius 2 is 2.00 bits per heavy atom. The average molecular weight is 328 g/mol. The number of benzene rings is 1. The number of rotatable bonds is 4. The molecular weight excluding hydrogens is 304 g/mol. The molecule has 1 aromatic carbocycles. The summed E-state index contributed by atoms with van der Waals surface area (Å²) >= 11 is 0. The molecular formula is C18H24N4O2. The van der Waals surface area contributed by atoms with Crippen molar-refractivity contribution in [3.8, 4) is 11.4 Å². The van der Waals surface area contributed by atoms with Gasteiger partial charge >= 0.3 is 0 Å². The van der Waals surface area contributed by atoms with E-state index in [1.807, 2.05) is 19.1 Å². The molecule has 0 saturated heterocycles. The first-order chi connectivity index (χ1) is 11.5. The third kappa shape index (κ3) is 3.64. The van der Waals surface area contributed by atoms with Crippen LogP contribution in [0.3, 0.4) is 0 Å². The zero-order valence-electron chi connectivity index (χ0n) is 14.2. The monoisotopic (exact) mass is 328 g/mol. The number of aromatic amines is 1. The van der Waals surface area contributed by atoms with Crippen molar-refractivity contribution in [1.29, 1.82) is 0 Å². The van der Waals surface area contributed by atoms with Gasteiger partial charge in [-0.15, -0.1) is 0 Å². The number of amides is 1. The Morgan fingerprint density at radius 3 is 2.62 bits per heavy atom. The fourth-order valence-electron chi connectivity index (χ4n) is 3.29. The number of hydrogen-bond acceptors (Lipinski definition) is 4. The average Bonchev–Trinajstić information content (AvgIpc) is 3.03. The van der Waals surface area contributed by atoms with Crippen LogP contribution in [0.25, 0.3) is 11.4 Å². The van der Waals surface area contributed by atoms with Gasteiger partial charge in [0.25, 0.3) is 5.91 Å². The van der Waals surface area contributed by atoms with Gasteiger partial charge in [-0.1, -0.05) is 25.0 Å². The first kappa shape index (κ1) is 16.6. The molecule has 0 spiro atoms. The minimum atomic E-state index is -0.287. The second kappa shape index (κ2) is 7.13. The van der Waals surface area contributed by atoms with Crippen LogP contribution in [0.2, 0.25) is 0 Å². The number of hydrogen-bond donors (Lipinski definition) is 2. The molecule has 1 aliphatic carbocycles. The maximum Gasteiger partial charge on any atom is 0.253 e. The van der Waals surface area contributed by atoms with E-state index in [1.54, 1.807) is 24.1 Å². The molecule has 1 aliphatic rings. The molecule has 2 atom stereocenters. The summed E-state index contributed by atoms with van der Waals surface area (Å²) in [4.78, 5) is 18.6. The van der Waals surface area contributed by atoms with Crippen LogP contribution in [-0.2, 0) is 0 Å². The van der Waals surface area contributed by atoms with E-state index < -0.39 is 0 Å². The number of nitrogens with zero attached hydrogens (tertiary/aromatic N) is 3. The summed E-state index contributed by atoms with van der Waals surface area (Å²) in [5.41, 5.74) is 1.51. The maximum atomic E-state index is 12.6. The normalized spacial score (nSPS) is 20.8. The van der Waals surface area contributed by atoms with Crippen molar-refractivity contribution in [3.63, 3.8) is 0 Å². The fourth-order valence-corrected chi connectivity index (χ4v) is 3.29. The van der Waals surface area contributed by atoms with Crippen molar-refractivity contribution in [1.82, 2.24) is 20.1 Å². The predicted octanol–water partition coefficient (Wildman–Crippen LogP) is 2.40. The molecule has 0 bridgehead atoms. The SMILES string of the molecule is Cc1nc(-c2ccc(C(=O)N(C)CC3CCCCC3O)cc2)n[nH]1. The number of nitrogens with one attached hydrogen (secondary N) is 1. The number of aliphatic hydroxyl groups is 1. The predicted molar refractivity (Wildman–Crippen MR) is 91.5 cm³/mol. The van der Waals surface area contributed by atoms with E-state index in [0.717, 1.165) is 37.1 Å². The smallest absolute Gasteiger partial charge is 0.253 e. The van der Waals surface area contributed by atoms with Gasteiger partial charge in [-0.05, 0) is 31.9 Å². The van der Waals surface area contributed by atoms with Gasteiger partial charge in [-0.3, -0.25) is 9.89 Å². The van der Waals surface area contributed by atoms with Gasteiger partial charge < -0.3 is 10.0 Å². The summed E-state index contributed by atoms with van der Waals surface area (Å²) in [6.07, 6.45) is 3.76. The van der Waals surface area contributed by atoms with Crippen molar-refractivity contribution < 1.29 is 9.90 Å². The first-order valence-corrected chi connectivity index (χ1v) is 8.47. The van der Waals surface area contributed by atoms with Gasteiger partial charge in [0.2, 0.25) is 0 Å². The summed E-state index contributed by atoms with van der Waals surface area (Å²) in [5, 5.41) is 17.0. The third-order valence-electron chi connectivity index (χ3n) is 4.71. The third-order valence-corrected chi connectivity index (χ3v) is 4.71. The van der Waals surface area contributed by atoms with E-state index in [1.165, 1.54) is 0 Å². The Bertz CT molecular complexity index is 695. The van der Waals surface area contributed by atoms with Gasteiger partial charge in [0, 0.05) is 30.6 Å². The molecule has 1 fully saturated rings. The Labute approximate surface area is 141 Å². The van der Waals surface area contributed by atoms with Crippen molar-refractivity contribution in [2.75, 3.05) is 13.6 Å². The lowest BCUT2D eigenvalue weighted by Crippen LogP contribution is -2.38. The Hall–Kier alpha value is -2.21. The molecule has 6 nitrogen and oxygen atoms in total.